The summed E-state index contributed by atoms with van der Waals surface area (Å²) in [5, 5.41) is 0. The van der Waals surface area contributed by atoms with Crippen LogP contribution in [0.25, 0.3) is 0 Å². The van der Waals surface area contributed by atoms with Crippen LogP contribution in [0.1, 0.15) is 26.3 Å². The molecule has 0 nitrogen and oxygen atoms in total. The molecule has 2 aromatic rings. The van der Waals surface area contributed by atoms with E-state index >= 15 is 0 Å². The monoisotopic (exact) mass is 312 g/mol. The molecule has 106 valence electrons. The van der Waals surface area contributed by atoms with Gasteiger partial charge >= 0.3 is 0 Å². The minimum Gasteiger partial charge on any atom is -0.197 e. The summed E-state index contributed by atoms with van der Waals surface area (Å²) in [5.41, 5.74) is 1.69. The summed E-state index contributed by atoms with van der Waals surface area (Å²) in [7, 11) is 0. The molecule has 0 spiro atoms. The fourth-order valence-electron chi connectivity index (χ4n) is 1.37. The second kappa shape index (κ2) is 10.3. The summed E-state index contributed by atoms with van der Waals surface area (Å²) >= 11 is 4.08. The predicted octanol–water partition coefficient (Wildman–Crippen LogP) is 5.19. The lowest BCUT2D eigenvalue weighted by molar-refractivity contribution is 0.590. The molecule has 2 aromatic carbocycles. The first-order valence-electron chi connectivity index (χ1n) is 5.79. The van der Waals surface area contributed by atoms with Gasteiger partial charge in [-0.05, 0) is 23.1 Å². The Labute approximate surface area is 136 Å². The van der Waals surface area contributed by atoms with Gasteiger partial charge in [-0.15, -0.1) is 12.6 Å². The van der Waals surface area contributed by atoms with Crippen molar-refractivity contribution in [3.8, 4) is 0 Å². The van der Waals surface area contributed by atoms with Gasteiger partial charge in [0.1, 0.15) is 0 Å². The van der Waals surface area contributed by atoms with Gasteiger partial charge in [0.25, 0.3) is 0 Å². The molecule has 0 radical (unpaired) electrons. The van der Waals surface area contributed by atoms with Crippen LogP contribution in [-0.4, -0.2) is 0 Å². The van der Waals surface area contributed by atoms with E-state index in [0.29, 0.717) is 5.41 Å². The van der Waals surface area contributed by atoms with E-state index in [4.69, 9.17) is 0 Å². The lowest BCUT2D eigenvalue weighted by atomic mass is 9.87. The second-order valence-electron chi connectivity index (χ2n) is 4.95. The molecule has 0 bridgehead atoms. The summed E-state index contributed by atoms with van der Waals surface area (Å²) in [4.78, 5) is 1.02. The maximum absolute atomic E-state index is 4.08. The summed E-state index contributed by atoms with van der Waals surface area (Å²) in [6.45, 7) is 6.67. The number of hydrogen-bond acceptors (Lipinski definition) is 1. The zero-order valence-electron chi connectivity index (χ0n) is 11.7. The maximum Gasteiger partial charge on any atom is 0.00399 e. The molecule has 0 heterocycles. The van der Waals surface area contributed by atoms with Gasteiger partial charge in [0.2, 0.25) is 0 Å². The Bertz CT molecular complexity index is 419. The molecule has 0 saturated heterocycles. The van der Waals surface area contributed by atoms with Crippen molar-refractivity contribution >= 4 is 39.6 Å². The molecule has 3 heteroatoms. The number of rotatable bonds is 0. The third kappa shape index (κ3) is 9.09. The quantitative estimate of drug-likeness (QED) is 0.636. The molecule has 0 amide bonds. The summed E-state index contributed by atoms with van der Waals surface area (Å²) in [5.74, 6) is 0. The van der Waals surface area contributed by atoms with Crippen LogP contribution >= 0.6 is 39.6 Å². The largest absolute Gasteiger partial charge is 0.197 e. The zero-order valence-corrected chi connectivity index (χ0v) is 14.6. The van der Waals surface area contributed by atoms with Crippen LogP contribution in [-0.2, 0) is 5.41 Å². The fourth-order valence-corrected chi connectivity index (χ4v) is 1.54. The van der Waals surface area contributed by atoms with Crippen LogP contribution in [0, 0.1) is 0 Å². The van der Waals surface area contributed by atoms with Crippen LogP contribution in [0.2, 0.25) is 0 Å². The number of benzene rings is 2. The topological polar surface area (TPSA) is 0 Å². The Morgan fingerprint density at radius 2 is 1.05 bits per heavy atom. The molecule has 0 atom stereocenters. The standard InChI is InChI=1S/C10H14.C6H6S.2H2S/c1-10(2,3)9-7-5-4-6-8-9;7-6-4-2-1-3-5-6;;/h4-8H,1-3H3;1-5,7H;2*1H2. The molecule has 0 fully saturated rings. The second-order valence-corrected chi connectivity index (χ2v) is 5.47. The lowest BCUT2D eigenvalue weighted by Gasteiger charge is -2.18. The molecule has 0 aliphatic heterocycles. The Balaban J connectivity index is 0. The van der Waals surface area contributed by atoms with Gasteiger partial charge in [0.05, 0.1) is 0 Å². The van der Waals surface area contributed by atoms with Crippen LogP contribution < -0.4 is 0 Å². The van der Waals surface area contributed by atoms with E-state index in [-0.39, 0.29) is 27.0 Å². The zero-order chi connectivity index (χ0) is 12.7. The lowest BCUT2D eigenvalue weighted by Crippen LogP contribution is -2.10. The Hall–Kier alpha value is -0.510. The predicted molar refractivity (Wildman–Crippen MR) is 99.6 cm³/mol. The van der Waals surface area contributed by atoms with E-state index in [9.17, 15) is 0 Å². The van der Waals surface area contributed by atoms with E-state index in [0.717, 1.165) is 4.90 Å². The van der Waals surface area contributed by atoms with Crippen LogP contribution in [0.4, 0.5) is 0 Å². The van der Waals surface area contributed by atoms with Crippen molar-refractivity contribution in [1.82, 2.24) is 0 Å². The number of thiol groups is 1. The molecule has 0 unspecified atom stereocenters. The van der Waals surface area contributed by atoms with Crippen LogP contribution in [0.5, 0.6) is 0 Å². The highest BCUT2D eigenvalue weighted by Crippen LogP contribution is 2.20. The first-order valence-corrected chi connectivity index (χ1v) is 6.24. The fraction of sp³-hybridized carbons (Fsp3) is 0.250. The van der Waals surface area contributed by atoms with Crippen molar-refractivity contribution in [2.24, 2.45) is 0 Å². The van der Waals surface area contributed by atoms with Gasteiger partial charge in [-0.3, -0.25) is 0 Å². The molecule has 0 saturated carbocycles. The molecule has 0 aliphatic carbocycles. The van der Waals surface area contributed by atoms with Gasteiger partial charge < -0.3 is 0 Å². The highest BCUT2D eigenvalue weighted by Gasteiger charge is 2.11. The molecular formula is C16H24S3. The normalized spacial score (nSPS) is 9.26. The van der Waals surface area contributed by atoms with E-state index in [1.165, 1.54) is 5.56 Å². The Morgan fingerprint density at radius 1 is 0.684 bits per heavy atom. The minimum atomic E-state index is 0. The van der Waals surface area contributed by atoms with Crippen LogP contribution in [0.15, 0.2) is 65.6 Å². The van der Waals surface area contributed by atoms with Crippen molar-refractivity contribution in [3.05, 3.63) is 66.2 Å². The molecular weight excluding hydrogens is 288 g/mol. The molecule has 0 aliphatic rings. The van der Waals surface area contributed by atoms with Crippen molar-refractivity contribution in [2.75, 3.05) is 0 Å². The van der Waals surface area contributed by atoms with E-state index < -0.39 is 0 Å². The molecule has 2 rings (SSSR count). The van der Waals surface area contributed by atoms with Crippen molar-refractivity contribution in [2.45, 2.75) is 31.1 Å². The highest BCUT2D eigenvalue weighted by atomic mass is 32.1. The summed E-state index contributed by atoms with van der Waals surface area (Å²) in [6.07, 6.45) is 0. The van der Waals surface area contributed by atoms with E-state index in [1.807, 2.05) is 30.3 Å². The van der Waals surface area contributed by atoms with E-state index in [2.05, 4.69) is 63.7 Å². The van der Waals surface area contributed by atoms with Crippen molar-refractivity contribution < 1.29 is 0 Å². The molecule has 0 aromatic heterocycles. The average molecular weight is 313 g/mol. The van der Waals surface area contributed by atoms with Gasteiger partial charge in [0, 0.05) is 4.90 Å². The van der Waals surface area contributed by atoms with E-state index in [1.54, 1.807) is 0 Å². The van der Waals surface area contributed by atoms with Crippen molar-refractivity contribution in [1.29, 1.82) is 0 Å². The van der Waals surface area contributed by atoms with Crippen molar-refractivity contribution in [3.63, 3.8) is 0 Å². The van der Waals surface area contributed by atoms with Gasteiger partial charge in [-0.25, -0.2) is 0 Å². The first kappa shape index (κ1) is 20.8. The third-order valence-corrected chi connectivity index (χ3v) is 2.69. The third-order valence-electron chi connectivity index (χ3n) is 2.40. The molecule has 0 N–H and O–H groups in total. The highest BCUT2D eigenvalue weighted by molar-refractivity contribution is 7.80. The average Bonchev–Trinajstić information content (AvgIpc) is 2.31. The Kier molecular flexibility index (Phi) is 11.3. The first-order chi connectivity index (χ1) is 8.00. The van der Waals surface area contributed by atoms with Gasteiger partial charge in [-0.2, -0.15) is 27.0 Å². The van der Waals surface area contributed by atoms with Crippen LogP contribution in [0.3, 0.4) is 0 Å². The Morgan fingerprint density at radius 3 is 1.26 bits per heavy atom. The SMILES string of the molecule is CC(C)(C)c1ccccc1.S.S.Sc1ccccc1. The summed E-state index contributed by atoms with van der Waals surface area (Å²) in [6, 6.07) is 20.3. The molecule has 19 heavy (non-hydrogen) atoms. The number of hydrogen-bond donors (Lipinski definition) is 1. The minimum absolute atomic E-state index is 0. The van der Waals surface area contributed by atoms with Gasteiger partial charge in [-0.1, -0.05) is 69.3 Å². The summed E-state index contributed by atoms with van der Waals surface area (Å²) < 4.78 is 0. The maximum atomic E-state index is 4.08. The van der Waals surface area contributed by atoms with Gasteiger partial charge in [0.15, 0.2) is 0 Å². The smallest absolute Gasteiger partial charge is 0.00399 e.